The van der Waals surface area contributed by atoms with Gasteiger partial charge in [0.15, 0.2) is 5.82 Å². The first kappa shape index (κ1) is 15.2. The molecule has 0 radical (unpaired) electrons. The van der Waals surface area contributed by atoms with Crippen molar-refractivity contribution in [2.75, 3.05) is 6.26 Å². The van der Waals surface area contributed by atoms with Crippen molar-refractivity contribution in [3.05, 3.63) is 35.1 Å². The molecule has 1 heterocycles. The number of rotatable bonds is 5. The molecule has 0 unspecified atom stereocenters. The fraction of sp³-hybridized carbons (Fsp3) is 0.357. The molecule has 1 fully saturated rings. The maximum atomic E-state index is 12.0. The summed E-state index contributed by atoms with van der Waals surface area (Å²) in [5, 5.41) is 7.46. The molecule has 3 rings (SSSR count). The van der Waals surface area contributed by atoms with Gasteiger partial charge in [-0.05, 0) is 43.0 Å². The molecule has 1 N–H and O–H groups in total. The highest BCUT2D eigenvalue weighted by Gasteiger charge is 2.26. The molecule has 1 saturated carbocycles. The van der Waals surface area contributed by atoms with E-state index in [4.69, 9.17) is 16.1 Å². The summed E-state index contributed by atoms with van der Waals surface area (Å²) in [7, 11) is 0. The van der Waals surface area contributed by atoms with E-state index >= 15 is 0 Å². The molecule has 2 aromatic rings. The van der Waals surface area contributed by atoms with Gasteiger partial charge in [-0.3, -0.25) is 4.31 Å². The number of carbonyl (C=O) groups is 1. The molecule has 116 valence electrons. The number of nitrogens with zero attached hydrogens (tertiary/aromatic N) is 3. The second-order valence-corrected chi connectivity index (χ2v) is 6.21. The molecule has 1 aliphatic rings. The van der Waals surface area contributed by atoms with Crippen molar-refractivity contribution in [2.45, 2.75) is 25.4 Å². The highest BCUT2D eigenvalue weighted by molar-refractivity contribution is 7.96. The molecule has 1 aliphatic carbocycles. The Morgan fingerprint density at radius 2 is 2.36 bits per heavy atom. The number of amides is 2. The summed E-state index contributed by atoms with van der Waals surface area (Å²) < 4.78 is 6.81. The number of carbonyl (C=O) groups excluding carboxylic acids is 1. The molecule has 2 amide bonds. The minimum Gasteiger partial charge on any atom is -0.335 e. The Morgan fingerprint density at radius 3 is 3.05 bits per heavy atom. The molecule has 0 atom stereocenters. The fourth-order valence-electron chi connectivity index (χ4n) is 1.88. The van der Waals surface area contributed by atoms with Crippen molar-refractivity contribution in [1.82, 2.24) is 19.8 Å². The SMILES string of the molecule is CSN(Cc1noc(-c2cccc(Cl)c2)n1)C(=O)NC1CC1. The lowest BCUT2D eigenvalue weighted by Crippen LogP contribution is -2.36. The number of aromatic nitrogens is 2. The van der Waals surface area contributed by atoms with Crippen LogP contribution in [0.4, 0.5) is 4.79 Å². The van der Waals surface area contributed by atoms with E-state index in [0.29, 0.717) is 22.8 Å². The van der Waals surface area contributed by atoms with Gasteiger partial charge in [0, 0.05) is 22.9 Å². The highest BCUT2D eigenvalue weighted by Crippen LogP contribution is 2.23. The number of hydrogen-bond donors (Lipinski definition) is 1. The summed E-state index contributed by atoms with van der Waals surface area (Å²) in [6, 6.07) is 7.39. The van der Waals surface area contributed by atoms with Crippen LogP contribution in [0.2, 0.25) is 5.02 Å². The van der Waals surface area contributed by atoms with Crippen molar-refractivity contribution in [3.8, 4) is 11.5 Å². The fourth-order valence-corrected chi connectivity index (χ4v) is 2.53. The summed E-state index contributed by atoms with van der Waals surface area (Å²) in [6.07, 6.45) is 3.94. The molecule has 6 nitrogen and oxygen atoms in total. The maximum Gasteiger partial charge on any atom is 0.328 e. The Labute approximate surface area is 137 Å². The second-order valence-electron chi connectivity index (χ2n) is 4.97. The Balaban J connectivity index is 1.68. The van der Waals surface area contributed by atoms with Crippen LogP contribution < -0.4 is 5.32 Å². The number of benzene rings is 1. The summed E-state index contributed by atoms with van der Waals surface area (Å²) in [6.45, 7) is 0.282. The third kappa shape index (κ3) is 3.72. The van der Waals surface area contributed by atoms with E-state index in [0.717, 1.165) is 18.4 Å². The van der Waals surface area contributed by atoms with Crippen LogP contribution in [0, 0.1) is 0 Å². The first-order chi connectivity index (χ1) is 10.7. The van der Waals surface area contributed by atoms with Crippen molar-refractivity contribution in [2.24, 2.45) is 0 Å². The minimum atomic E-state index is -0.121. The zero-order valence-corrected chi connectivity index (χ0v) is 13.5. The van der Waals surface area contributed by atoms with E-state index in [9.17, 15) is 4.79 Å². The van der Waals surface area contributed by atoms with Crippen LogP contribution in [0.1, 0.15) is 18.7 Å². The number of hydrogen-bond acceptors (Lipinski definition) is 5. The summed E-state index contributed by atoms with van der Waals surface area (Å²) in [5.74, 6) is 0.844. The normalized spacial score (nSPS) is 13.9. The van der Waals surface area contributed by atoms with Gasteiger partial charge in [-0.15, -0.1) is 0 Å². The van der Waals surface area contributed by atoms with E-state index in [-0.39, 0.29) is 12.6 Å². The molecular weight excluding hydrogens is 324 g/mol. The predicted molar refractivity (Wildman–Crippen MR) is 85.4 cm³/mol. The lowest BCUT2D eigenvalue weighted by Gasteiger charge is -2.17. The molecule has 22 heavy (non-hydrogen) atoms. The van der Waals surface area contributed by atoms with E-state index in [1.165, 1.54) is 11.9 Å². The third-order valence-corrected chi connectivity index (χ3v) is 4.15. The predicted octanol–water partition coefficient (Wildman–Crippen LogP) is 3.34. The zero-order chi connectivity index (χ0) is 15.5. The molecule has 8 heteroatoms. The highest BCUT2D eigenvalue weighted by atomic mass is 35.5. The van der Waals surface area contributed by atoms with Gasteiger partial charge in [-0.25, -0.2) is 4.79 Å². The van der Waals surface area contributed by atoms with Gasteiger partial charge in [0.2, 0.25) is 0 Å². The van der Waals surface area contributed by atoms with E-state index in [1.54, 1.807) is 16.4 Å². The molecule has 0 aliphatic heterocycles. The Kier molecular flexibility index (Phi) is 4.54. The summed E-state index contributed by atoms with van der Waals surface area (Å²) in [5.41, 5.74) is 0.754. The van der Waals surface area contributed by atoms with Crippen molar-refractivity contribution >= 4 is 29.6 Å². The molecule has 0 spiro atoms. The van der Waals surface area contributed by atoms with Crippen LogP contribution in [0.15, 0.2) is 28.8 Å². The maximum absolute atomic E-state index is 12.0. The Hall–Kier alpha value is -1.73. The molecular formula is C14H15ClN4O2S. The third-order valence-electron chi connectivity index (χ3n) is 3.18. The van der Waals surface area contributed by atoms with Crippen LogP contribution in [0.25, 0.3) is 11.5 Å². The van der Waals surface area contributed by atoms with Crippen LogP contribution in [-0.2, 0) is 6.54 Å². The average Bonchev–Trinajstić information content (AvgIpc) is 3.19. The van der Waals surface area contributed by atoms with Gasteiger partial charge >= 0.3 is 6.03 Å². The zero-order valence-electron chi connectivity index (χ0n) is 12.0. The first-order valence-electron chi connectivity index (χ1n) is 6.86. The van der Waals surface area contributed by atoms with Crippen LogP contribution >= 0.6 is 23.5 Å². The van der Waals surface area contributed by atoms with E-state index in [2.05, 4.69) is 15.5 Å². The van der Waals surface area contributed by atoms with Crippen LogP contribution in [-0.4, -0.2) is 32.8 Å². The average molecular weight is 339 g/mol. The van der Waals surface area contributed by atoms with Gasteiger partial charge < -0.3 is 9.84 Å². The van der Waals surface area contributed by atoms with Gasteiger partial charge in [-0.2, -0.15) is 4.98 Å². The summed E-state index contributed by atoms with van der Waals surface area (Å²) in [4.78, 5) is 16.4. The van der Waals surface area contributed by atoms with Gasteiger partial charge in [0.1, 0.15) is 0 Å². The van der Waals surface area contributed by atoms with Crippen molar-refractivity contribution in [1.29, 1.82) is 0 Å². The first-order valence-corrected chi connectivity index (χ1v) is 8.42. The molecule has 0 bridgehead atoms. The molecule has 0 saturated heterocycles. The quantitative estimate of drug-likeness (QED) is 0.846. The second kappa shape index (κ2) is 6.58. The van der Waals surface area contributed by atoms with Gasteiger partial charge in [0.25, 0.3) is 5.89 Å². The van der Waals surface area contributed by atoms with E-state index in [1.807, 2.05) is 18.4 Å². The standard InChI is InChI=1S/C14H15ClN4O2S/c1-22-19(14(20)16-11-5-6-11)8-12-17-13(21-18-12)9-3-2-4-10(15)7-9/h2-4,7,11H,5-6,8H2,1H3,(H,16,20). The lowest BCUT2D eigenvalue weighted by atomic mass is 10.2. The topological polar surface area (TPSA) is 71.3 Å². The van der Waals surface area contributed by atoms with Crippen molar-refractivity contribution in [3.63, 3.8) is 0 Å². The monoisotopic (exact) mass is 338 g/mol. The van der Waals surface area contributed by atoms with Gasteiger partial charge in [-0.1, -0.05) is 22.8 Å². The molecule has 1 aromatic heterocycles. The largest absolute Gasteiger partial charge is 0.335 e. The van der Waals surface area contributed by atoms with Crippen molar-refractivity contribution < 1.29 is 9.32 Å². The molecule has 1 aromatic carbocycles. The van der Waals surface area contributed by atoms with Crippen LogP contribution in [0.5, 0.6) is 0 Å². The number of nitrogens with one attached hydrogen (secondary N) is 1. The van der Waals surface area contributed by atoms with Crippen LogP contribution in [0.3, 0.4) is 0 Å². The summed E-state index contributed by atoms with van der Waals surface area (Å²) >= 11 is 7.28. The number of halogens is 1. The smallest absolute Gasteiger partial charge is 0.328 e. The Morgan fingerprint density at radius 1 is 1.55 bits per heavy atom. The lowest BCUT2D eigenvalue weighted by molar-refractivity contribution is 0.223. The van der Waals surface area contributed by atoms with E-state index < -0.39 is 0 Å². The Bertz CT molecular complexity index is 674. The minimum absolute atomic E-state index is 0.121. The number of urea groups is 1. The van der Waals surface area contributed by atoms with Gasteiger partial charge in [0.05, 0.1) is 6.54 Å².